The third kappa shape index (κ3) is 5.01. The summed E-state index contributed by atoms with van der Waals surface area (Å²) in [6, 6.07) is 13.6. The number of carbonyl (C=O) groups is 1. The maximum atomic E-state index is 12.2. The first-order valence-corrected chi connectivity index (χ1v) is 8.11. The van der Waals surface area contributed by atoms with Crippen LogP contribution in [0.4, 0.5) is 0 Å². The van der Waals surface area contributed by atoms with Crippen molar-refractivity contribution in [2.24, 2.45) is 0 Å². The first-order chi connectivity index (χ1) is 11.5. The van der Waals surface area contributed by atoms with Gasteiger partial charge in [-0.2, -0.15) is 0 Å². The van der Waals surface area contributed by atoms with Crippen molar-refractivity contribution in [3.63, 3.8) is 0 Å². The summed E-state index contributed by atoms with van der Waals surface area (Å²) in [7, 11) is 1.64. The third-order valence-corrected chi connectivity index (χ3v) is 3.81. The zero-order valence-electron chi connectivity index (χ0n) is 14.8. The van der Waals surface area contributed by atoms with Gasteiger partial charge in [0, 0.05) is 0 Å². The van der Waals surface area contributed by atoms with Gasteiger partial charge in [-0.3, -0.25) is 4.79 Å². The fourth-order valence-electron chi connectivity index (χ4n) is 2.54. The Bertz CT molecular complexity index is 697. The number of amides is 1. The average molecular weight is 327 g/mol. The number of rotatable bonds is 7. The Morgan fingerprint density at radius 3 is 2.50 bits per heavy atom. The van der Waals surface area contributed by atoms with Gasteiger partial charge in [0.1, 0.15) is 18.1 Å². The maximum Gasteiger partial charge on any atom is 0.224 e. The Balaban J connectivity index is 1.83. The van der Waals surface area contributed by atoms with E-state index in [4.69, 9.17) is 9.47 Å². The molecule has 0 radical (unpaired) electrons. The van der Waals surface area contributed by atoms with Crippen molar-refractivity contribution in [1.29, 1.82) is 0 Å². The second-order valence-corrected chi connectivity index (χ2v) is 6.03. The van der Waals surface area contributed by atoms with Gasteiger partial charge in [0.15, 0.2) is 0 Å². The molecule has 0 spiro atoms. The van der Waals surface area contributed by atoms with Crippen LogP contribution in [0.25, 0.3) is 0 Å². The highest BCUT2D eigenvalue weighted by atomic mass is 16.5. The van der Waals surface area contributed by atoms with Crippen molar-refractivity contribution < 1.29 is 14.3 Å². The van der Waals surface area contributed by atoms with Crippen LogP contribution >= 0.6 is 0 Å². The number of benzene rings is 2. The first kappa shape index (κ1) is 17.9. The van der Waals surface area contributed by atoms with Gasteiger partial charge in [-0.05, 0) is 49.6 Å². The molecular formula is C20H25NO3. The summed E-state index contributed by atoms with van der Waals surface area (Å²) in [6.45, 7) is 6.36. The lowest BCUT2D eigenvalue weighted by molar-refractivity contribution is -0.121. The fraction of sp³-hybridized carbons (Fsp3) is 0.350. The van der Waals surface area contributed by atoms with Gasteiger partial charge >= 0.3 is 0 Å². The minimum absolute atomic E-state index is 0.0135. The molecule has 0 fully saturated rings. The van der Waals surface area contributed by atoms with Crippen molar-refractivity contribution in [3.8, 4) is 11.5 Å². The quantitative estimate of drug-likeness (QED) is 0.847. The van der Waals surface area contributed by atoms with E-state index in [9.17, 15) is 4.79 Å². The van der Waals surface area contributed by atoms with Gasteiger partial charge in [-0.15, -0.1) is 0 Å². The van der Waals surface area contributed by atoms with Gasteiger partial charge in [-0.25, -0.2) is 0 Å². The lowest BCUT2D eigenvalue weighted by Gasteiger charge is -2.16. The first-order valence-electron chi connectivity index (χ1n) is 8.11. The van der Waals surface area contributed by atoms with Crippen LogP contribution < -0.4 is 14.8 Å². The lowest BCUT2D eigenvalue weighted by Crippen LogP contribution is -2.37. The number of nitrogens with one attached hydrogen (secondary N) is 1. The molecule has 1 amide bonds. The highest BCUT2D eigenvalue weighted by Crippen LogP contribution is 2.19. The number of methoxy groups -OCH3 is 1. The van der Waals surface area contributed by atoms with Crippen LogP contribution in [0.1, 0.15) is 23.6 Å². The van der Waals surface area contributed by atoms with Crippen LogP contribution in [-0.4, -0.2) is 25.7 Å². The van der Waals surface area contributed by atoms with E-state index in [0.717, 1.165) is 28.2 Å². The summed E-state index contributed by atoms with van der Waals surface area (Å²) in [6.07, 6.45) is 0.347. The molecule has 0 unspecified atom stereocenters. The van der Waals surface area contributed by atoms with Crippen LogP contribution in [0.15, 0.2) is 42.5 Å². The zero-order chi connectivity index (χ0) is 17.5. The standard InChI is InChI=1S/C20H25NO3/c1-14-7-5-6-8-19(14)24-13-16(3)21-20(22)12-17-9-10-18(23-4)15(2)11-17/h5-11,16H,12-13H2,1-4H3,(H,21,22)/t16-/m1/s1. The van der Waals surface area contributed by atoms with E-state index in [-0.39, 0.29) is 11.9 Å². The van der Waals surface area contributed by atoms with E-state index in [2.05, 4.69) is 5.32 Å². The fourth-order valence-corrected chi connectivity index (χ4v) is 2.54. The molecule has 128 valence electrons. The van der Waals surface area contributed by atoms with Crippen LogP contribution in [0.3, 0.4) is 0 Å². The number of hydrogen-bond acceptors (Lipinski definition) is 3. The van der Waals surface area contributed by atoms with Crippen LogP contribution in [-0.2, 0) is 11.2 Å². The van der Waals surface area contributed by atoms with Gasteiger partial charge in [0.2, 0.25) is 5.91 Å². The Morgan fingerprint density at radius 2 is 1.83 bits per heavy atom. The minimum atomic E-state index is -0.0588. The highest BCUT2D eigenvalue weighted by Gasteiger charge is 2.10. The predicted octanol–water partition coefficient (Wildman–Crippen LogP) is 3.44. The predicted molar refractivity (Wildman–Crippen MR) is 95.7 cm³/mol. The Hall–Kier alpha value is -2.49. The molecule has 0 saturated carbocycles. The number of carbonyl (C=O) groups excluding carboxylic acids is 1. The number of aryl methyl sites for hydroxylation is 2. The van der Waals surface area contributed by atoms with E-state index >= 15 is 0 Å². The second kappa shape index (κ2) is 8.39. The second-order valence-electron chi connectivity index (χ2n) is 6.03. The van der Waals surface area contributed by atoms with E-state index in [1.165, 1.54) is 0 Å². The summed E-state index contributed by atoms with van der Waals surface area (Å²) in [4.78, 5) is 12.2. The Morgan fingerprint density at radius 1 is 1.08 bits per heavy atom. The topological polar surface area (TPSA) is 47.6 Å². The molecule has 0 aromatic heterocycles. The molecule has 2 rings (SSSR count). The summed E-state index contributed by atoms with van der Waals surface area (Å²) >= 11 is 0. The largest absolute Gasteiger partial charge is 0.496 e. The summed E-state index contributed by atoms with van der Waals surface area (Å²) < 4.78 is 11.0. The van der Waals surface area contributed by atoms with Gasteiger partial charge in [-0.1, -0.05) is 30.3 Å². The lowest BCUT2D eigenvalue weighted by atomic mass is 10.1. The number of para-hydroxylation sites is 1. The molecule has 0 bridgehead atoms. The van der Waals surface area contributed by atoms with E-state index in [1.54, 1.807) is 7.11 Å². The van der Waals surface area contributed by atoms with Gasteiger partial charge in [0.25, 0.3) is 0 Å². The monoisotopic (exact) mass is 327 g/mol. The zero-order valence-corrected chi connectivity index (χ0v) is 14.8. The SMILES string of the molecule is COc1ccc(CC(=O)N[C@H](C)COc2ccccc2C)cc1C. The van der Waals surface area contributed by atoms with Gasteiger partial charge in [0.05, 0.1) is 19.6 Å². The van der Waals surface area contributed by atoms with Crippen LogP contribution in [0.5, 0.6) is 11.5 Å². The van der Waals surface area contributed by atoms with E-state index in [0.29, 0.717) is 13.0 Å². The summed E-state index contributed by atoms with van der Waals surface area (Å²) in [5.74, 6) is 1.67. The Kier molecular flexibility index (Phi) is 6.24. The molecule has 2 aromatic rings. The molecular weight excluding hydrogens is 302 g/mol. The van der Waals surface area contributed by atoms with Crippen molar-refractivity contribution in [2.75, 3.05) is 13.7 Å². The average Bonchev–Trinajstić information content (AvgIpc) is 2.54. The van der Waals surface area contributed by atoms with E-state index in [1.807, 2.05) is 63.2 Å². The molecule has 0 heterocycles. The molecule has 24 heavy (non-hydrogen) atoms. The highest BCUT2D eigenvalue weighted by molar-refractivity contribution is 5.79. The minimum Gasteiger partial charge on any atom is -0.496 e. The molecule has 1 atom stereocenters. The normalized spacial score (nSPS) is 11.7. The van der Waals surface area contributed by atoms with Crippen molar-refractivity contribution in [1.82, 2.24) is 5.32 Å². The molecule has 0 aliphatic carbocycles. The smallest absolute Gasteiger partial charge is 0.224 e. The Labute approximate surface area is 143 Å². The van der Waals surface area contributed by atoms with Crippen molar-refractivity contribution in [3.05, 3.63) is 59.2 Å². The number of hydrogen-bond donors (Lipinski definition) is 1. The molecule has 1 N–H and O–H groups in total. The molecule has 0 aliphatic heterocycles. The molecule has 4 nitrogen and oxygen atoms in total. The number of ether oxygens (including phenoxy) is 2. The molecule has 0 saturated heterocycles. The summed E-state index contributed by atoms with van der Waals surface area (Å²) in [5, 5.41) is 2.97. The molecule has 0 aliphatic rings. The van der Waals surface area contributed by atoms with Crippen molar-refractivity contribution in [2.45, 2.75) is 33.2 Å². The summed E-state index contributed by atoms with van der Waals surface area (Å²) in [5.41, 5.74) is 3.08. The van der Waals surface area contributed by atoms with Crippen LogP contribution in [0.2, 0.25) is 0 Å². The maximum absolute atomic E-state index is 12.2. The van der Waals surface area contributed by atoms with E-state index < -0.39 is 0 Å². The van der Waals surface area contributed by atoms with Crippen molar-refractivity contribution >= 4 is 5.91 Å². The molecule has 4 heteroatoms. The van der Waals surface area contributed by atoms with Crippen LogP contribution in [0, 0.1) is 13.8 Å². The van der Waals surface area contributed by atoms with Gasteiger partial charge < -0.3 is 14.8 Å². The molecule has 2 aromatic carbocycles. The third-order valence-electron chi connectivity index (χ3n) is 3.81.